The lowest BCUT2D eigenvalue weighted by Crippen LogP contribution is -2.26. The molecule has 2 aromatic rings. The van der Waals surface area contributed by atoms with Crippen molar-refractivity contribution in [3.8, 4) is 0 Å². The Morgan fingerprint density at radius 3 is 2.60 bits per heavy atom. The van der Waals surface area contributed by atoms with Crippen molar-refractivity contribution in [2.24, 2.45) is 5.92 Å². The molecule has 1 aromatic heterocycles. The van der Waals surface area contributed by atoms with E-state index < -0.39 is 12.0 Å². The zero-order valence-electron chi connectivity index (χ0n) is 11.1. The third-order valence-electron chi connectivity index (χ3n) is 4.21. The summed E-state index contributed by atoms with van der Waals surface area (Å²) in [5.41, 5.74) is 6.87. The lowest BCUT2D eigenvalue weighted by molar-refractivity contribution is -0.148. The first kappa shape index (κ1) is 13.3. The number of benzene rings is 1. The second-order valence-corrected chi connectivity index (χ2v) is 5.48. The van der Waals surface area contributed by atoms with E-state index in [1.54, 1.807) is 12.1 Å². The summed E-state index contributed by atoms with van der Waals surface area (Å²) in [4.78, 5) is 3.76. The molecular formula is C14H16F3N3. The van der Waals surface area contributed by atoms with E-state index >= 15 is 0 Å². The molecule has 0 aliphatic heterocycles. The van der Waals surface area contributed by atoms with Gasteiger partial charge >= 0.3 is 6.18 Å². The zero-order chi connectivity index (χ0) is 14.5. The Kier molecular flexibility index (Phi) is 2.92. The fourth-order valence-corrected chi connectivity index (χ4v) is 2.86. The molecule has 1 atom stereocenters. The molecule has 1 fully saturated rings. The van der Waals surface area contributed by atoms with Crippen molar-refractivity contribution in [3.05, 3.63) is 24.0 Å². The van der Waals surface area contributed by atoms with Gasteiger partial charge in [0.25, 0.3) is 0 Å². The normalized spacial score (nSPS) is 18.2. The zero-order valence-corrected chi connectivity index (χ0v) is 11.1. The van der Waals surface area contributed by atoms with Crippen LogP contribution >= 0.6 is 0 Å². The van der Waals surface area contributed by atoms with Crippen molar-refractivity contribution in [1.82, 2.24) is 9.55 Å². The highest BCUT2D eigenvalue weighted by atomic mass is 19.4. The van der Waals surface area contributed by atoms with Gasteiger partial charge < -0.3 is 10.3 Å². The Morgan fingerprint density at radius 1 is 1.35 bits per heavy atom. The quantitative estimate of drug-likeness (QED) is 0.847. The Hall–Kier alpha value is -1.72. The first-order valence-corrected chi connectivity index (χ1v) is 6.72. The van der Waals surface area contributed by atoms with Crippen LogP contribution in [-0.4, -0.2) is 9.55 Å². The molecule has 1 aromatic carbocycles. The van der Waals surface area contributed by atoms with Gasteiger partial charge in [-0.25, -0.2) is 4.98 Å². The number of alkyl halides is 3. The van der Waals surface area contributed by atoms with Crippen LogP contribution < -0.4 is 5.73 Å². The molecule has 20 heavy (non-hydrogen) atoms. The van der Waals surface area contributed by atoms with E-state index in [1.165, 1.54) is 10.6 Å². The molecule has 6 heteroatoms. The van der Waals surface area contributed by atoms with Gasteiger partial charge in [0.05, 0.1) is 11.0 Å². The third-order valence-corrected chi connectivity index (χ3v) is 4.21. The molecule has 1 saturated carbocycles. The summed E-state index contributed by atoms with van der Waals surface area (Å²) in [7, 11) is 0. The van der Waals surface area contributed by atoms with Crippen molar-refractivity contribution in [1.29, 1.82) is 0 Å². The number of nitrogens with two attached hydrogens (primary N) is 1. The number of fused-ring (bicyclic) bond motifs is 1. The smallest absolute Gasteiger partial charge is 0.399 e. The molecule has 3 nitrogen and oxygen atoms in total. The number of aromatic nitrogens is 2. The van der Waals surface area contributed by atoms with E-state index in [0.29, 0.717) is 22.6 Å². The number of imidazole rings is 1. The Balaban J connectivity index is 2.20. The SMILES string of the molecule is CC(C1CCC1)n1c(C(F)(F)F)nc2cc(N)ccc21. The first-order valence-electron chi connectivity index (χ1n) is 6.72. The largest absolute Gasteiger partial charge is 0.449 e. The van der Waals surface area contributed by atoms with Crippen LogP contribution in [0.5, 0.6) is 0 Å². The maximum atomic E-state index is 13.2. The molecule has 1 aliphatic rings. The number of halogens is 3. The molecular weight excluding hydrogens is 267 g/mol. The second kappa shape index (κ2) is 4.40. The standard InChI is InChI=1S/C14H16F3N3/c1-8(9-3-2-4-9)20-12-6-5-10(18)7-11(12)19-13(20)14(15,16)17/h5-9H,2-4,18H2,1H3. The average molecular weight is 283 g/mol. The molecule has 0 spiro atoms. The van der Waals surface area contributed by atoms with Crippen molar-refractivity contribution in [2.45, 2.75) is 38.4 Å². The summed E-state index contributed by atoms with van der Waals surface area (Å²) < 4.78 is 41.0. The molecule has 0 bridgehead atoms. The van der Waals surface area contributed by atoms with Gasteiger partial charge in [-0.3, -0.25) is 0 Å². The molecule has 3 rings (SSSR count). The second-order valence-electron chi connectivity index (χ2n) is 5.48. The summed E-state index contributed by atoms with van der Waals surface area (Å²) in [5, 5.41) is 0. The topological polar surface area (TPSA) is 43.8 Å². The Bertz CT molecular complexity index is 641. The van der Waals surface area contributed by atoms with E-state index in [-0.39, 0.29) is 6.04 Å². The molecule has 0 saturated heterocycles. The lowest BCUT2D eigenvalue weighted by Gasteiger charge is -2.33. The average Bonchev–Trinajstić information content (AvgIpc) is 2.64. The first-order chi connectivity index (χ1) is 9.38. The van der Waals surface area contributed by atoms with Crippen molar-refractivity contribution < 1.29 is 13.2 Å². The van der Waals surface area contributed by atoms with Crippen LogP contribution in [-0.2, 0) is 6.18 Å². The van der Waals surface area contributed by atoms with Gasteiger partial charge in [0.15, 0.2) is 0 Å². The summed E-state index contributed by atoms with van der Waals surface area (Å²) >= 11 is 0. The van der Waals surface area contributed by atoms with Crippen molar-refractivity contribution in [2.75, 3.05) is 5.73 Å². The van der Waals surface area contributed by atoms with Crippen molar-refractivity contribution >= 4 is 16.7 Å². The molecule has 1 aliphatic carbocycles. The maximum absolute atomic E-state index is 13.2. The van der Waals surface area contributed by atoms with Crippen LogP contribution in [0.3, 0.4) is 0 Å². The number of hydrogen-bond donors (Lipinski definition) is 1. The van der Waals surface area contributed by atoms with E-state index in [1.807, 2.05) is 6.92 Å². The van der Waals surface area contributed by atoms with Crippen LogP contribution in [0.2, 0.25) is 0 Å². The highest BCUT2D eigenvalue weighted by molar-refractivity contribution is 5.80. The summed E-state index contributed by atoms with van der Waals surface area (Å²) in [6, 6.07) is 4.54. The predicted molar refractivity (Wildman–Crippen MR) is 71.2 cm³/mol. The number of hydrogen-bond acceptors (Lipinski definition) is 2. The monoisotopic (exact) mass is 283 g/mol. The molecule has 1 unspecified atom stereocenters. The minimum absolute atomic E-state index is 0.200. The van der Waals surface area contributed by atoms with Gasteiger partial charge in [0.1, 0.15) is 0 Å². The van der Waals surface area contributed by atoms with Gasteiger partial charge in [-0.1, -0.05) is 6.42 Å². The van der Waals surface area contributed by atoms with Crippen molar-refractivity contribution in [3.63, 3.8) is 0 Å². The fraction of sp³-hybridized carbons (Fsp3) is 0.500. The molecule has 1 heterocycles. The van der Waals surface area contributed by atoms with Crippen LogP contribution in [0.25, 0.3) is 11.0 Å². The lowest BCUT2D eigenvalue weighted by atomic mass is 9.80. The van der Waals surface area contributed by atoms with Crippen LogP contribution in [0.1, 0.15) is 38.1 Å². The van der Waals surface area contributed by atoms with Gasteiger partial charge in [-0.2, -0.15) is 13.2 Å². The number of rotatable bonds is 2. The maximum Gasteiger partial charge on any atom is 0.449 e. The predicted octanol–water partition coefficient (Wildman–Crippen LogP) is 4.00. The number of nitrogen functional groups attached to an aromatic ring is 1. The summed E-state index contributed by atoms with van der Waals surface area (Å²) in [6.07, 6.45) is -1.40. The third kappa shape index (κ3) is 2.03. The van der Waals surface area contributed by atoms with Gasteiger partial charge in [-0.15, -0.1) is 0 Å². The number of anilines is 1. The minimum Gasteiger partial charge on any atom is -0.399 e. The van der Waals surface area contributed by atoms with Crippen LogP contribution in [0.4, 0.5) is 18.9 Å². The van der Waals surface area contributed by atoms with E-state index in [0.717, 1.165) is 19.3 Å². The van der Waals surface area contributed by atoms with Gasteiger partial charge in [0, 0.05) is 11.7 Å². The Labute approximate surface area is 114 Å². The highest BCUT2D eigenvalue weighted by Crippen LogP contribution is 2.41. The van der Waals surface area contributed by atoms with E-state index in [4.69, 9.17) is 5.73 Å². The minimum atomic E-state index is -4.45. The van der Waals surface area contributed by atoms with Crippen LogP contribution in [0.15, 0.2) is 18.2 Å². The number of nitrogens with zero attached hydrogens (tertiary/aromatic N) is 2. The van der Waals surface area contributed by atoms with Gasteiger partial charge in [-0.05, 0) is 43.9 Å². The molecule has 0 amide bonds. The molecule has 108 valence electrons. The summed E-state index contributed by atoms with van der Waals surface area (Å²) in [6.45, 7) is 1.84. The molecule has 0 radical (unpaired) electrons. The Morgan fingerprint density at radius 2 is 2.05 bits per heavy atom. The molecule has 2 N–H and O–H groups in total. The van der Waals surface area contributed by atoms with Crippen LogP contribution in [0, 0.1) is 5.92 Å². The van der Waals surface area contributed by atoms with E-state index in [9.17, 15) is 13.2 Å². The summed E-state index contributed by atoms with van der Waals surface area (Å²) in [5.74, 6) is -0.524. The van der Waals surface area contributed by atoms with E-state index in [2.05, 4.69) is 4.98 Å². The fourth-order valence-electron chi connectivity index (χ4n) is 2.86. The highest BCUT2D eigenvalue weighted by Gasteiger charge is 2.40. The van der Waals surface area contributed by atoms with Gasteiger partial charge in [0.2, 0.25) is 5.82 Å².